The predicted octanol–water partition coefficient (Wildman–Crippen LogP) is 5.32. The van der Waals surface area contributed by atoms with Crippen molar-refractivity contribution in [3.8, 4) is 11.4 Å². The third-order valence-electron chi connectivity index (χ3n) is 4.84. The molecule has 0 aliphatic heterocycles. The normalized spacial score (nSPS) is 11.7. The summed E-state index contributed by atoms with van der Waals surface area (Å²) in [6.07, 6.45) is 1.61. The van der Waals surface area contributed by atoms with Crippen LogP contribution in [-0.4, -0.2) is 31.8 Å². The summed E-state index contributed by atoms with van der Waals surface area (Å²) in [6.45, 7) is 3.66. The summed E-state index contributed by atoms with van der Waals surface area (Å²) in [7, 11) is 0. The van der Waals surface area contributed by atoms with Crippen LogP contribution in [0.2, 0.25) is 5.02 Å². The third kappa shape index (κ3) is 5.86. The minimum atomic E-state index is -0.451. The largest absolute Gasteiger partial charge is 0.467 e. The lowest BCUT2D eigenvalue weighted by atomic mass is 10.2. The highest BCUT2D eigenvalue weighted by Gasteiger charge is 2.22. The first-order valence-electron chi connectivity index (χ1n) is 10.5. The van der Waals surface area contributed by atoms with Gasteiger partial charge in [-0.05, 0) is 67.6 Å². The van der Waals surface area contributed by atoms with Gasteiger partial charge in [0.1, 0.15) is 5.76 Å². The lowest BCUT2D eigenvalue weighted by molar-refractivity contribution is -0.115. The lowest BCUT2D eigenvalue weighted by Crippen LogP contribution is -2.23. The van der Waals surface area contributed by atoms with Crippen molar-refractivity contribution in [3.63, 3.8) is 0 Å². The fourth-order valence-corrected chi connectivity index (χ4v) is 4.16. The van der Waals surface area contributed by atoms with E-state index in [0.29, 0.717) is 33.9 Å². The van der Waals surface area contributed by atoms with Crippen LogP contribution in [0, 0.1) is 0 Å². The van der Waals surface area contributed by atoms with E-state index in [-0.39, 0.29) is 11.8 Å². The quantitative estimate of drug-likeness (QED) is 0.321. The molecule has 2 heterocycles. The summed E-state index contributed by atoms with van der Waals surface area (Å²) < 4.78 is 7.44. The maximum Gasteiger partial charge on any atom is 0.237 e. The number of anilines is 2. The second-order valence-electron chi connectivity index (χ2n) is 7.49. The van der Waals surface area contributed by atoms with E-state index in [1.165, 1.54) is 18.7 Å². The zero-order chi connectivity index (χ0) is 24.1. The molecule has 0 saturated heterocycles. The number of amides is 2. The van der Waals surface area contributed by atoms with Crippen LogP contribution < -0.4 is 10.6 Å². The Morgan fingerprint density at radius 1 is 1.03 bits per heavy atom. The minimum Gasteiger partial charge on any atom is -0.467 e. The molecule has 1 unspecified atom stereocenters. The number of rotatable bonds is 8. The summed E-state index contributed by atoms with van der Waals surface area (Å²) in [5, 5.41) is 15.1. The monoisotopic (exact) mass is 495 g/mol. The Hall–Kier alpha value is -3.56. The van der Waals surface area contributed by atoms with Crippen LogP contribution in [0.25, 0.3) is 11.4 Å². The fraction of sp³-hybridized carbons (Fsp3) is 0.167. The van der Waals surface area contributed by atoms with Crippen LogP contribution in [0.3, 0.4) is 0 Å². The van der Waals surface area contributed by atoms with Gasteiger partial charge in [-0.3, -0.25) is 14.2 Å². The van der Waals surface area contributed by atoms with Crippen LogP contribution in [-0.2, 0) is 16.1 Å². The Morgan fingerprint density at radius 2 is 1.71 bits per heavy atom. The van der Waals surface area contributed by atoms with Gasteiger partial charge in [0.15, 0.2) is 11.0 Å². The molecule has 2 amide bonds. The summed E-state index contributed by atoms with van der Waals surface area (Å²) in [6, 6.07) is 18.0. The molecule has 4 aromatic rings. The van der Waals surface area contributed by atoms with Gasteiger partial charge in [0.05, 0.1) is 18.1 Å². The number of furan rings is 1. The topological polar surface area (TPSA) is 102 Å². The number of nitrogens with zero attached hydrogens (tertiary/aromatic N) is 3. The van der Waals surface area contributed by atoms with Gasteiger partial charge in [-0.1, -0.05) is 23.4 Å². The van der Waals surface area contributed by atoms with Crippen LogP contribution in [0.4, 0.5) is 11.4 Å². The van der Waals surface area contributed by atoms with Gasteiger partial charge >= 0.3 is 0 Å². The molecule has 0 spiro atoms. The molecular formula is C24H22ClN5O3S. The smallest absolute Gasteiger partial charge is 0.237 e. The highest BCUT2D eigenvalue weighted by molar-refractivity contribution is 8.00. The summed E-state index contributed by atoms with van der Waals surface area (Å²) >= 11 is 7.34. The first-order chi connectivity index (χ1) is 16.4. The van der Waals surface area contributed by atoms with E-state index >= 15 is 0 Å². The van der Waals surface area contributed by atoms with E-state index in [4.69, 9.17) is 16.0 Å². The number of hydrogen-bond acceptors (Lipinski definition) is 6. The van der Waals surface area contributed by atoms with E-state index in [2.05, 4.69) is 20.8 Å². The van der Waals surface area contributed by atoms with E-state index in [1.807, 2.05) is 28.8 Å². The molecule has 4 rings (SSSR count). The summed E-state index contributed by atoms with van der Waals surface area (Å²) in [5.41, 5.74) is 2.14. The molecule has 0 saturated carbocycles. The Kier molecular flexibility index (Phi) is 7.34. The van der Waals surface area contributed by atoms with Gasteiger partial charge in [0.2, 0.25) is 11.8 Å². The maximum atomic E-state index is 12.8. The highest BCUT2D eigenvalue weighted by atomic mass is 35.5. The molecule has 174 valence electrons. The molecule has 0 aliphatic carbocycles. The van der Waals surface area contributed by atoms with E-state index in [0.717, 1.165) is 11.3 Å². The zero-order valence-corrected chi connectivity index (χ0v) is 20.1. The second-order valence-corrected chi connectivity index (χ2v) is 9.23. The van der Waals surface area contributed by atoms with E-state index < -0.39 is 5.25 Å². The molecule has 0 bridgehead atoms. The summed E-state index contributed by atoms with van der Waals surface area (Å²) in [4.78, 5) is 24.0. The zero-order valence-electron chi connectivity index (χ0n) is 18.5. The van der Waals surface area contributed by atoms with Gasteiger partial charge in [-0.15, -0.1) is 10.2 Å². The first kappa shape index (κ1) is 23.6. The number of benzene rings is 2. The minimum absolute atomic E-state index is 0.154. The number of nitrogens with one attached hydrogen (secondary N) is 2. The van der Waals surface area contributed by atoms with Crippen molar-refractivity contribution in [1.82, 2.24) is 14.8 Å². The van der Waals surface area contributed by atoms with Crippen molar-refractivity contribution in [2.75, 3.05) is 10.6 Å². The standard InChI is InChI=1S/C24H22ClN5O3S/c1-15(23(32)27-20-11-9-19(10-12-20)26-16(2)31)34-24-29-28-22(17-5-7-18(25)8-6-17)30(24)14-21-4-3-13-33-21/h3-13,15H,14H2,1-2H3,(H,26,31)(H,27,32). The molecule has 34 heavy (non-hydrogen) atoms. The molecule has 0 radical (unpaired) electrons. The molecular weight excluding hydrogens is 474 g/mol. The van der Waals surface area contributed by atoms with Gasteiger partial charge in [0, 0.05) is 28.9 Å². The molecule has 10 heteroatoms. The predicted molar refractivity (Wildman–Crippen MR) is 133 cm³/mol. The Balaban J connectivity index is 1.51. The van der Waals surface area contributed by atoms with Gasteiger partial charge in [0.25, 0.3) is 0 Å². The number of halogens is 1. The second kappa shape index (κ2) is 10.6. The lowest BCUT2D eigenvalue weighted by Gasteiger charge is -2.14. The molecule has 2 aromatic heterocycles. The Labute approximate surface area is 205 Å². The van der Waals surface area contributed by atoms with Gasteiger partial charge in [-0.2, -0.15) is 0 Å². The summed E-state index contributed by atoms with van der Waals surface area (Å²) in [5.74, 6) is 1.06. The number of hydrogen-bond donors (Lipinski definition) is 2. The van der Waals surface area contributed by atoms with Crippen LogP contribution in [0.15, 0.2) is 76.5 Å². The molecule has 2 aromatic carbocycles. The van der Waals surface area contributed by atoms with Crippen molar-refractivity contribution in [1.29, 1.82) is 0 Å². The van der Waals surface area contributed by atoms with Crippen molar-refractivity contribution in [2.45, 2.75) is 30.8 Å². The first-order valence-corrected chi connectivity index (χ1v) is 11.7. The third-order valence-corrected chi connectivity index (χ3v) is 6.17. The van der Waals surface area contributed by atoms with Crippen LogP contribution >= 0.6 is 23.4 Å². The number of carbonyl (C=O) groups excluding carboxylic acids is 2. The van der Waals surface area contributed by atoms with Crippen molar-refractivity contribution in [2.24, 2.45) is 0 Å². The molecule has 1 atom stereocenters. The number of aromatic nitrogens is 3. The van der Waals surface area contributed by atoms with Gasteiger partial charge in [-0.25, -0.2) is 0 Å². The molecule has 0 aliphatic rings. The van der Waals surface area contributed by atoms with Crippen molar-refractivity contribution < 1.29 is 14.0 Å². The van der Waals surface area contributed by atoms with Crippen molar-refractivity contribution >= 4 is 46.6 Å². The maximum absolute atomic E-state index is 12.8. The van der Waals surface area contributed by atoms with E-state index in [9.17, 15) is 9.59 Å². The Bertz CT molecular complexity index is 1270. The van der Waals surface area contributed by atoms with Crippen molar-refractivity contribution in [3.05, 3.63) is 77.7 Å². The van der Waals surface area contributed by atoms with Crippen LogP contribution in [0.1, 0.15) is 19.6 Å². The Morgan fingerprint density at radius 3 is 2.32 bits per heavy atom. The van der Waals surface area contributed by atoms with Crippen LogP contribution in [0.5, 0.6) is 0 Å². The molecule has 8 nitrogen and oxygen atoms in total. The van der Waals surface area contributed by atoms with E-state index in [1.54, 1.807) is 49.6 Å². The SMILES string of the molecule is CC(=O)Nc1ccc(NC(=O)C(C)Sc2nnc(-c3ccc(Cl)cc3)n2Cc2ccco2)cc1. The number of carbonyl (C=O) groups is 2. The molecule has 2 N–H and O–H groups in total. The number of thioether (sulfide) groups is 1. The molecule has 0 fully saturated rings. The van der Waals surface area contributed by atoms with Gasteiger partial charge < -0.3 is 15.1 Å². The average molecular weight is 496 g/mol. The average Bonchev–Trinajstić information content (AvgIpc) is 3.46. The highest BCUT2D eigenvalue weighted by Crippen LogP contribution is 2.29. The fourth-order valence-electron chi connectivity index (χ4n) is 3.18.